The molecule has 0 amide bonds. The van der Waals surface area contributed by atoms with Crippen LogP contribution in [-0.4, -0.2) is 37.5 Å². The predicted octanol–water partition coefficient (Wildman–Crippen LogP) is 0.940. The lowest BCUT2D eigenvalue weighted by Crippen LogP contribution is -2.30. The number of nitrogens with zero attached hydrogens (tertiary/aromatic N) is 1. The summed E-state index contributed by atoms with van der Waals surface area (Å²) in [6.07, 6.45) is 1.11. The van der Waals surface area contributed by atoms with Crippen molar-refractivity contribution in [3.05, 3.63) is 23.8 Å². The SMILES string of the molecule is Nc1c(F)ccc(S(=O)(=O)N2CCC(CCO)C2)c1F. The molecule has 8 heteroatoms. The largest absolute Gasteiger partial charge is 0.396 e. The van der Waals surface area contributed by atoms with Gasteiger partial charge in [0, 0.05) is 19.7 Å². The molecule has 0 aliphatic carbocycles. The first-order valence-electron chi connectivity index (χ1n) is 6.22. The van der Waals surface area contributed by atoms with Gasteiger partial charge in [0.1, 0.15) is 16.4 Å². The van der Waals surface area contributed by atoms with Crippen molar-refractivity contribution in [2.75, 3.05) is 25.4 Å². The van der Waals surface area contributed by atoms with Gasteiger partial charge in [0.05, 0.1) is 0 Å². The Bertz CT molecular complexity index is 607. The number of benzene rings is 1. The van der Waals surface area contributed by atoms with Crippen LogP contribution in [0.3, 0.4) is 0 Å². The molecule has 1 aliphatic heterocycles. The first kappa shape index (κ1) is 15.1. The van der Waals surface area contributed by atoms with Crippen LogP contribution in [0.2, 0.25) is 0 Å². The van der Waals surface area contributed by atoms with Gasteiger partial charge in [-0.25, -0.2) is 17.2 Å². The number of nitrogen functional groups attached to an aromatic ring is 1. The second-order valence-electron chi connectivity index (χ2n) is 4.80. The smallest absolute Gasteiger partial charge is 0.246 e. The van der Waals surface area contributed by atoms with Gasteiger partial charge in [-0.1, -0.05) is 0 Å². The normalized spacial score (nSPS) is 20.4. The van der Waals surface area contributed by atoms with E-state index in [0.717, 1.165) is 16.4 Å². The lowest BCUT2D eigenvalue weighted by atomic mass is 10.1. The topological polar surface area (TPSA) is 83.6 Å². The number of hydrogen-bond acceptors (Lipinski definition) is 4. The molecule has 1 aliphatic rings. The maximum Gasteiger partial charge on any atom is 0.246 e. The first-order valence-corrected chi connectivity index (χ1v) is 7.66. The van der Waals surface area contributed by atoms with E-state index >= 15 is 0 Å². The molecule has 0 spiro atoms. The third-order valence-corrected chi connectivity index (χ3v) is 5.38. The number of aliphatic hydroxyl groups excluding tert-OH is 1. The summed E-state index contributed by atoms with van der Waals surface area (Å²) in [7, 11) is -4.03. The third-order valence-electron chi connectivity index (χ3n) is 3.49. The van der Waals surface area contributed by atoms with Crippen LogP contribution in [0.15, 0.2) is 17.0 Å². The minimum absolute atomic E-state index is 0.0174. The minimum atomic E-state index is -4.03. The monoisotopic (exact) mass is 306 g/mol. The Morgan fingerprint density at radius 3 is 2.75 bits per heavy atom. The van der Waals surface area contributed by atoms with Crippen LogP contribution in [0, 0.1) is 17.6 Å². The van der Waals surface area contributed by atoms with Crippen molar-refractivity contribution in [1.29, 1.82) is 0 Å². The zero-order chi connectivity index (χ0) is 14.9. The fourth-order valence-corrected chi connectivity index (χ4v) is 3.93. The van der Waals surface area contributed by atoms with Gasteiger partial charge >= 0.3 is 0 Å². The zero-order valence-electron chi connectivity index (χ0n) is 10.7. The Morgan fingerprint density at radius 2 is 2.10 bits per heavy atom. The molecule has 0 aromatic heterocycles. The van der Waals surface area contributed by atoms with Crippen molar-refractivity contribution < 1.29 is 22.3 Å². The Labute approximate surface area is 116 Å². The van der Waals surface area contributed by atoms with Gasteiger partial charge in [0.2, 0.25) is 10.0 Å². The number of sulfonamides is 1. The summed E-state index contributed by atoms with van der Waals surface area (Å²) in [5.41, 5.74) is 4.39. The van der Waals surface area contributed by atoms with Gasteiger partial charge < -0.3 is 10.8 Å². The molecule has 1 atom stereocenters. The van der Waals surface area contributed by atoms with Crippen molar-refractivity contribution in [1.82, 2.24) is 4.31 Å². The van der Waals surface area contributed by atoms with E-state index in [0.29, 0.717) is 12.8 Å². The van der Waals surface area contributed by atoms with E-state index < -0.39 is 32.2 Å². The highest BCUT2D eigenvalue weighted by molar-refractivity contribution is 7.89. The van der Waals surface area contributed by atoms with Crippen molar-refractivity contribution in [3.8, 4) is 0 Å². The van der Waals surface area contributed by atoms with E-state index in [1.165, 1.54) is 0 Å². The number of hydrogen-bond donors (Lipinski definition) is 2. The maximum absolute atomic E-state index is 13.8. The average molecular weight is 306 g/mol. The number of aliphatic hydroxyl groups is 1. The van der Waals surface area contributed by atoms with E-state index in [2.05, 4.69) is 0 Å². The third kappa shape index (κ3) is 2.63. The molecule has 1 aromatic rings. The van der Waals surface area contributed by atoms with Crippen LogP contribution < -0.4 is 5.73 Å². The molecule has 1 aromatic carbocycles. The van der Waals surface area contributed by atoms with Gasteiger partial charge in [0.25, 0.3) is 0 Å². The van der Waals surface area contributed by atoms with Gasteiger partial charge in [-0.05, 0) is 30.9 Å². The van der Waals surface area contributed by atoms with Crippen molar-refractivity contribution in [2.45, 2.75) is 17.7 Å². The van der Waals surface area contributed by atoms with E-state index in [-0.39, 0.29) is 25.6 Å². The molecule has 3 N–H and O–H groups in total. The highest BCUT2D eigenvalue weighted by atomic mass is 32.2. The van der Waals surface area contributed by atoms with Gasteiger partial charge in [-0.2, -0.15) is 4.31 Å². The highest BCUT2D eigenvalue weighted by Gasteiger charge is 2.34. The summed E-state index contributed by atoms with van der Waals surface area (Å²) in [6.45, 7) is 0.458. The Morgan fingerprint density at radius 1 is 1.40 bits per heavy atom. The van der Waals surface area contributed by atoms with Gasteiger partial charge in [-0.15, -0.1) is 0 Å². The molecule has 112 valence electrons. The van der Waals surface area contributed by atoms with Crippen molar-refractivity contribution in [3.63, 3.8) is 0 Å². The standard InChI is InChI=1S/C12H16F2N2O3S/c13-9-1-2-10(11(14)12(9)15)20(18,19)16-5-3-8(7-16)4-6-17/h1-2,8,17H,3-7,15H2. The minimum Gasteiger partial charge on any atom is -0.396 e. The molecule has 2 rings (SSSR count). The summed E-state index contributed by atoms with van der Waals surface area (Å²) >= 11 is 0. The Hall–Kier alpha value is -1.25. The van der Waals surface area contributed by atoms with Crippen LogP contribution in [-0.2, 0) is 10.0 Å². The number of anilines is 1. The fourth-order valence-electron chi connectivity index (χ4n) is 2.32. The summed E-state index contributed by atoms with van der Waals surface area (Å²) in [5, 5.41) is 8.86. The van der Waals surface area contributed by atoms with Crippen LogP contribution in [0.5, 0.6) is 0 Å². The number of rotatable bonds is 4. The summed E-state index contributed by atoms with van der Waals surface area (Å²) in [5.74, 6) is -2.19. The second kappa shape index (κ2) is 5.63. The average Bonchev–Trinajstić information content (AvgIpc) is 2.85. The fraction of sp³-hybridized carbons (Fsp3) is 0.500. The van der Waals surface area contributed by atoms with Crippen LogP contribution in [0.1, 0.15) is 12.8 Å². The quantitative estimate of drug-likeness (QED) is 0.811. The predicted molar refractivity (Wildman–Crippen MR) is 69.3 cm³/mol. The second-order valence-corrected chi connectivity index (χ2v) is 6.71. The molecular formula is C12H16F2N2O3S. The van der Waals surface area contributed by atoms with E-state index in [4.69, 9.17) is 10.8 Å². The molecule has 5 nitrogen and oxygen atoms in total. The molecule has 0 bridgehead atoms. The maximum atomic E-state index is 13.8. The highest BCUT2D eigenvalue weighted by Crippen LogP contribution is 2.29. The van der Waals surface area contributed by atoms with E-state index in [1.54, 1.807) is 0 Å². The van der Waals surface area contributed by atoms with Gasteiger partial charge in [0.15, 0.2) is 5.82 Å². The molecule has 1 fully saturated rings. The zero-order valence-corrected chi connectivity index (χ0v) is 11.5. The molecule has 1 heterocycles. The molecule has 1 saturated heterocycles. The van der Waals surface area contributed by atoms with Crippen LogP contribution in [0.4, 0.5) is 14.5 Å². The number of halogens is 2. The number of nitrogens with two attached hydrogens (primary N) is 1. The lowest BCUT2D eigenvalue weighted by Gasteiger charge is -2.17. The van der Waals surface area contributed by atoms with Gasteiger partial charge in [-0.3, -0.25) is 0 Å². The summed E-state index contributed by atoms with van der Waals surface area (Å²) in [4.78, 5) is -0.610. The first-order chi connectivity index (χ1) is 9.37. The van der Waals surface area contributed by atoms with E-state index in [9.17, 15) is 17.2 Å². The summed E-state index contributed by atoms with van der Waals surface area (Å²) in [6, 6.07) is 1.72. The molecule has 20 heavy (non-hydrogen) atoms. The summed E-state index contributed by atoms with van der Waals surface area (Å²) < 4.78 is 52.7. The molecular weight excluding hydrogens is 290 g/mol. The Balaban J connectivity index is 2.30. The lowest BCUT2D eigenvalue weighted by molar-refractivity contribution is 0.259. The van der Waals surface area contributed by atoms with E-state index in [1.807, 2.05) is 0 Å². The van der Waals surface area contributed by atoms with Crippen molar-refractivity contribution in [2.24, 2.45) is 5.92 Å². The van der Waals surface area contributed by atoms with Crippen molar-refractivity contribution >= 4 is 15.7 Å². The molecule has 0 radical (unpaired) electrons. The van der Waals surface area contributed by atoms with Crippen LogP contribution in [0.25, 0.3) is 0 Å². The Kier molecular flexibility index (Phi) is 4.26. The van der Waals surface area contributed by atoms with Crippen LogP contribution >= 0.6 is 0 Å². The molecule has 0 saturated carbocycles. The molecule has 1 unspecified atom stereocenters.